The van der Waals surface area contributed by atoms with Gasteiger partial charge in [0, 0.05) is 48.4 Å². The number of aromatic nitrogens is 2. The van der Waals surface area contributed by atoms with Gasteiger partial charge in [0.15, 0.2) is 0 Å². The smallest absolute Gasteiger partial charge is 0.246 e. The molecule has 0 aliphatic carbocycles. The van der Waals surface area contributed by atoms with Gasteiger partial charge in [0.05, 0.1) is 11.2 Å². The Hall–Kier alpha value is -2.72. The van der Waals surface area contributed by atoms with Crippen LogP contribution in [0.4, 0.5) is 0 Å². The summed E-state index contributed by atoms with van der Waals surface area (Å²) in [5.41, 5.74) is 2.51. The Bertz CT molecular complexity index is 909. The van der Waals surface area contributed by atoms with E-state index >= 15 is 0 Å². The van der Waals surface area contributed by atoms with Gasteiger partial charge in [0.1, 0.15) is 0 Å². The van der Waals surface area contributed by atoms with Gasteiger partial charge >= 0.3 is 0 Å². The average Bonchev–Trinajstić information content (AvgIpc) is 2.64. The molecular weight excluding hydrogens is 334 g/mol. The van der Waals surface area contributed by atoms with Crippen LogP contribution in [0.5, 0.6) is 0 Å². The summed E-state index contributed by atoms with van der Waals surface area (Å²) in [7, 11) is 1.78. The molecule has 25 heavy (non-hydrogen) atoms. The number of benzene rings is 1. The van der Waals surface area contributed by atoms with E-state index in [1.54, 1.807) is 24.2 Å². The van der Waals surface area contributed by atoms with E-state index in [0.717, 1.165) is 28.7 Å². The second kappa shape index (κ2) is 7.90. The molecule has 0 atom stereocenters. The molecule has 3 aromatic rings. The predicted molar refractivity (Wildman–Crippen MR) is 101 cm³/mol. The number of nitrogens with zero attached hydrogens (tertiary/aromatic N) is 3. The number of pyridine rings is 2. The summed E-state index contributed by atoms with van der Waals surface area (Å²) in [5.74, 6) is -0.0658. The van der Waals surface area contributed by atoms with Crippen LogP contribution in [-0.4, -0.2) is 34.4 Å². The van der Waals surface area contributed by atoms with Crippen molar-refractivity contribution in [2.24, 2.45) is 0 Å². The number of carbonyl (C=O) groups excluding carboxylic acids is 1. The highest BCUT2D eigenvalue weighted by molar-refractivity contribution is 6.31. The fraction of sp³-hybridized carbons (Fsp3) is 0.150. The molecule has 2 heterocycles. The number of halogens is 1. The number of carbonyl (C=O) groups is 1. The number of hydrogen-bond donors (Lipinski definition) is 0. The molecule has 3 rings (SSSR count). The van der Waals surface area contributed by atoms with Gasteiger partial charge in [-0.3, -0.25) is 9.78 Å². The third-order valence-electron chi connectivity index (χ3n) is 3.88. The molecule has 0 N–H and O–H groups in total. The third-order valence-corrected chi connectivity index (χ3v) is 4.11. The van der Waals surface area contributed by atoms with Crippen LogP contribution in [0.15, 0.2) is 60.8 Å². The van der Waals surface area contributed by atoms with Gasteiger partial charge in [-0.15, -0.1) is 0 Å². The first-order chi connectivity index (χ1) is 12.1. The van der Waals surface area contributed by atoms with Crippen LogP contribution >= 0.6 is 11.6 Å². The molecule has 0 aliphatic heterocycles. The molecular formula is C20H18ClN3O. The number of likely N-dealkylation sites (N-methyl/N-ethyl adjacent to an activating group) is 1. The van der Waals surface area contributed by atoms with Crippen LogP contribution in [0.3, 0.4) is 0 Å². The summed E-state index contributed by atoms with van der Waals surface area (Å²) in [6, 6.07) is 15.2. The fourth-order valence-electron chi connectivity index (χ4n) is 2.42. The molecule has 1 aromatic carbocycles. The molecule has 5 heteroatoms. The molecule has 1 amide bonds. The molecule has 0 fully saturated rings. The van der Waals surface area contributed by atoms with E-state index in [0.29, 0.717) is 11.6 Å². The van der Waals surface area contributed by atoms with Crippen molar-refractivity contribution in [3.05, 3.63) is 77.2 Å². The molecule has 0 spiro atoms. The predicted octanol–water partition coefficient (Wildman–Crippen LogP) is 4.00. The second-order valence-electron chi connectivity index (χ2n) is 5.74. The lowest BCUT2D eigenvalue weighted by atomic mass is 10.2. The summed E-state index contributed by atoms with van der Waals surface area (Å²) in [4.78, 5) is 22.7. The Labute approximate surface area is 151 Å². The summed E-state index contributed by atoms with van der Waals surface area (Å²) in [6.45, 7) is 0.612. The summed E-state index contributed by atoms with van der Waals surface area (Å²) in [5, 5.41) is 1.66. The van der Waals surface area contributed by atoms with Crippen LogP contribution in [0, 0.1) is 0 Å². The second-order valence-corrected chi connectivity index (χ2v) is 6.17. The summed E-state index contributed by atoms with van der Waals surface area (Å²) >= 11 is 6.00. The Morgan fingerprint density at radius 1 is 1.20 bits per heavy atom. The largest absolute Gasteiger partial charge is 0.342 e. The molecule has 0 radical (unpaired) electrons. The minimum Gasteiger partial charge on any atom is -0.342 e. The first kappa shape index (κ1) is 17.1. The Morgan fingerprint density at radius 2 is 2.04 bits per heavy atom. The van der Waals surface area contributed by atoms with Crippen molar-refractivity contribution in [2.75, 3.05) is 13.6 Å². The van der Waals surface area contributed by atoms with E-state index in [1.807, 2.05) is 48.5 Å². The number of fused-ring (bicyclic) bond motifs is 1. The highest BCUT2D eigenvalue weighted by atomic mass is 35.5. The number of hydrogen-bond acceptors (Lipinski definition) is 3. The van der Waals surface area contributed by atoms with E-state index in [1.165, 1.54) is 6.08 Å². The van der Waals surface area contributed by atoms with Crippen molar-refractivity contribution >= 4 is 34.5 Å². The minimum atomic E-state index is -0.0658. The molecule has 4 nitrogen and oxygen atoms in total. The maximum atomic E-state index is 12.2. The van der Waals surface area contributed by atoms with Crippen molar-refractivity contribution in [3.8, 4) is 0 Å². The van der Waals surface area contributed by atoms with Crippen LogP contribution in [-0.2, 0) is 11.2 Å². The van der Waals surface area contributed by atoms with Crippen LogP contribution < -0.4 is 0 Å². The molecule has 0 bridgehead atoms. The number of amides is 1. The Kier molecular flexibility index (Phi) is 5.41. The van der Waals surface area contributed by atoms with Gasteiger partial charge in [-0.1, -0.05) is 29.8 Å². The SMILES string of the molecule is CN(CCc1ccccn1)C(=O)/C=C/c1ccc2ccc(Cl)cc2n1. The third kappa shape index (κ3) is 4.64. The normalized spacial score (nSPS) is 11.1. The van der Waals surface area contributed by atoms with Crippen LogP contribution in [0.2, 0.25) is 5.02 Å². The summed E-state index contributed by atoms with van der Waals surface area (Å²) < 4.78 is 0. The van der Waals surface area contributed by atoms with Gasteiger partial charge in [0.2, 0.25) is 5.91 Å². The minimum absolute atomic E-state index is 0.0658. The molecule has 0 unspecified atom stereocenters. The lowest BCUT2D eigenvalue weighted by molar-refractivity contribution is -0.124. The van der Waals surface area contributed by atoms with E-state index < -0.39 is 0 Å². The molecule has 0 aliphatic rings. The maximum absolute atomic E-state index is 12.2. The van der Waals surface area contributed by atoms with Crippen LogP contribution in [0.1, 0.15) is 11.4 Å². The maximum Gasteiger partial charge on any atom is 0.246 e. The first-order valence-electron chi connectivity index (χ1n) is 8.01. The van der Waals surface area contributed by atoms with Gasteiger partial charge in [-0.05, 0) is 36.4 Å². The lowest BCUT2D eigenvalue weighted by Gasteiger charge is -2.14. The van der Waals surface area contributed by atoms with Gasteiger partial charge < -0.3 is 4.90 Å². The lowest BCUT2D eigenvalue weighted by Crippen LogP contribution is -2.27. The van der Waals surface area contributed by atoms with E-state index in [9.17, 15) is 4.79 Å². The van der Waals surface area contributed by atoms with Gasteiger partial charge in [-0.2, -0.15) is 0 Å². The molecule has 0 saturated carbocycles. The Balaban J connectivity index is 1.63. The highest BCUT2D eigenvalue weighted by Gasteiger charge is 2.05. The zero-order valence-corrected chi connectivity index (χ0v) is 14.6. The zero-order valence-electron chi connectivity index (χ0n) is 13.9. The zero-order chi connectivity index (χ0) is 17.6. The first-order valence-corrected chi connectivity index (χ1v) is 8.39. The molecule has 126 valence electrons. The monoisotopic (exact) mass is 351 g/mol. The highest BCUT2D eigenvalue weighted by Crippen LogP contribution is 2.18. The van der Waals surface area contributed by atoms with E-state index in [-0.39, 0.29) is 5.91 Å². The van der Waals surface area contributed by atoms with Crippen molar-refractivity contribution in [1.29, 1.82) is 0 Å². The van der Waals surface area contributed by atoms with E-state index in [4.69, 9.17) is 11.6 Å². The average molecular weight is 352 g/mol. The standard InChI is InChI=1S/C20H18ClN3O/c1-24(13-11-17-4-2-3-12-22-17)20(25)10-9-18-8-6-15-5-7-16(21)14-19(15)23-18/h2-10,12,14H,11,13H2,1H3/b10-9+. The molecule has 0 saturated heterocycles. The number of rotatable bonds is 5. The quantitative estimate of drug-likeness (QED) is 0.653. The molecule has 2 aromatic heterocycles. The Morgan fingerprint density at radius 3 is 2.84 bits per heavy atom. The topological polar surface area (TPSA) is 46.1 Å². The van der Waals surface area contributed by atoms with Gasteiger partial charge in [0.25, 0.3) is 0 Å². The van der Waals surface area contributed by atoms with Crippen LogP contribution in [0.25, 0.3) is 17.0 Å². The van der Waals surface area contributed by atoms with Crippen molar-refractivity contribution in [3.63, 3.8) is 0 Å². The van der Waals surface area contributed by atoms with Crippen molar-refractivity contribution < 1.29 is 4.79 Å². The summed E-state index contributed by atoms with van der Waals surface area (Å²) in [6.07, 6.45) is 5.75. The fourth-order valence-corrected chi connectivity index (χ4v) is 2.59. The van der Waals surface area contributed by atoms with Crippen molar-refractivity contribution in [2.45, 2.75) is 6.42 Å². The van der Waals surface area contributed by atoms with E-state index in [2.05, 4.69) is 9.97 Å². The van der Waals surface area contributed by atoms with Crippen molar-refractivity contribution in [1.82, 2.24) is 14.9 Å². The van der Waals surface area contributed by atoms with Gasteiger partial charge in [-0.25, -0.2) is 4.98 Å².